The second kappa shape index (κ2) is 9.69. The molecule has 2 aliphatic rings. The number of furan rings is 1. The summed E-state index contributed by atoms with van der Waals surface area (Å²) in [5, 5.41) is 0. The van der Waals surface area contributed by atoms with E-state index < -0.39 is 0 Å². The monoisotopic (exact) mass is 423 g/mol. The van der Waals surface area contributed by atoms with Gasteiger partial charge in [-0.05, 0) is 49.4 Å². The minimum Gasteiger partial charge on any atom is -0.467 e. The van der Waals surface area contributed by atoms with Crippen LogP contribution in [-0.2, 0) is 11.3 Å². The van der Waals surface area contributed by atoms with E-state index in [2.05, 4.69) is 4.90 Å². The summed E-state index contributed by atoms with van der Waals surface area (Å²) in [6, 6.07) is 11.4. The fourth-order valence-corrected chi connectivity index (χ4v) is 5.06. The Hall–Kier alpha value is -2.60. The van der Waals surface area contributed by atoms with E-state index >= 15 is 0 Å². The van der Waals surface area contributed by atoms with Crippen LogP contribution in [0.25, 0.3) is 0 Å². The minimum atomic E-state index is -0.113. The van der Waals surface area contributed by atoms with Crippen LogP contribution < -0.4 is 0 Å². The molecule has 166 valence electrons. The lowest BCUT2D eigenvalue weighted by molar-refractivity contribution is -0.139. The van der Waals surface area contributed by atoms with Crippen molar-refractivity contribution in [2.45, 2.75) is 45.2 Å². The van der Waals surface area contributed by atoms with Gasteiger partial charge in [-0.1, -0.05) is 31.0 Å². The fraction of sp³-hybridized carbons (Fsp3) is 0.520. The smallest absolute Gasteiger partial charge is 0.254 e. The average Bonchev–Trinajstić information content (AvgIpc) is 3.49. The molecule has 0 N–H and O–H groups in total. The van der Waals surface area contributed by atoms with Crippen LogP contribution in [0.2, 0.25) is 0 Å². The summed E-state index contributed by atoms with van der Waals surface area (Å²) in [5.74, 6) is 1.46. The Morgan fingerprint density at radius 1 is 1.06 bits per heavy atom. The van der Waals surface area contributed by atoms with Gasteiger partial charge in [0.2, 0.25) is 5.91 Å². The van der Waals surface area contributed by atoms with Crippen LogP contribution in [0.3, 0.4) is 0 Å². The quantitative estimate of drug-likeness (QED) is 0.713. The zero-order valence-corrected chi connectivity index (χ0v) is 18.6. The Bertz CT molecular complexity index is 881. The summed E-state index contributed by atoms with van der Waals surface area (Å²) in [6.45, 7) is 5.25. The number of amides is 2. The molecular formula is C25H33N3O3. The van der Waals surface area contributed by atoms with Crippen LogP contribution in [0.1, 0.15) is 47.4 Å². The molecule has 0 spiro atoms. The normalized spacial score (nSPS) is 18.8. The van der Waals surface area contributed by atoms with Gasteiger partial charge >= 0.3 is 0 Å². The molecule has 1 atom stereocenters. The number of piperazine rings is 1. The predicted octanol–water partition coefficient (Wildman–Crippen LogP) is 3.56. The van der Waals surface area contributed by atoms with Crippen molar-refractivity contribution in [2.75, 3.05) is 33.2 Å². The van der Waals surface area contributed by atoms with E-state index in [9.17, 15) is 9.59 Å². The molecule has 1 aliphatic heterocycles. The van der Waals surface area contributed by atoms with E-state index in [1.165, 1.54) is 12.8 Å². The van der Waals surface area contributed by atoms with Gasteiger partial charge in [0.05, 0.1) is 18.8 Å². The van der Waals surface area contributed by atoms with Crippen LogP contribution >= 0.6 is 0 Å². The molecule has 1 aromatic carbocycles. The Labute approximate surface area is 184 Å². The zero-order valence-electron chi connectivity index (χ0n) is 18.6. The van der Waals surface area contributed by atoms with Crippen LogP contribution in [-0.4, -0.2) is 65.8 Å². The molecule has 2 heterocycles. The van der Waals surface area contributed by atoms with Crippen LogP contribution in [0, 0.1) is 12.8 Å². The van der Waals surface area contributed by atoms with Gasteiger partial charge in [-0.3, -0.25) is 14.5 Å². The van der Waals surface area contributed by atoms with Gasteiger partial charge in [0.25, 0.3) is 5.91 Å². The number of hydrogen-bond donors (Lipinski definition) is 0. The maximum absolute atomic E-state index is 13.5. The highest BCUT2D eigenvalue weighted by Crippen LogP contribution is 2.32. The molecule has 2 fully saturated rings. The molecular weight excluding hydrogens is 390 g/mol. The van der Waals surface area contributed by atoms with Gasteiger partial charge < -0.3 is 14.2 Å². The van der Waals surface area contributed by atoms with E-state index in [0.29, 0.717) is 25.6 Å². The third-order valence-electron chi connectivity index (χ3n) is 6.82. The molecule has 2 amide bonds. The summed E-state index contributed by atoms with van der Waals surface area (Å²) in [6.07, 6.45) is 6.25. The molecule has 1 saturated carbocycles. The molecule has 6 nitrogen and oxygen atoms in total. The summed E-state index contributed by atoms with van der Waals surface area (Å²) < 4.78 is 5.45. The second-order valence-electron chi connectivity index (χ2n) is 8.91. The van der Waals surface area contributed by atoms with E-state index in [0.717, 1.165) is 42.8 Å². The van der Waals surface area contributed by atoms with Gasteiger partial charge in [-0.15, -0.1) is 0 Å². The number of nitrogens with zero attached hydrogens (tertiary/aromatic N) is 3. The summed E-state index contributed by atoms with van der Waals surface area (Å²) in [7, 11) is 1.87. The number of carbonyl (C=O) groups is 2. The van der Waals surface area contributed by atoms with E-state index in [1.807, 2.05) is 55.3 Å². The Balaban J connectivity index is 1.43. The zero-order chi connectivity index (χ0) is 21.8. The van der Waals surface area contributed by atoms with E-state index in [-0.39, 0.29) is 17.9 Å². The number of aryl methyl sites for hydroxylation is 1. The Morgan fingerprint density at radius 2 is 1.77 bits per heavy atom. The molecule has 31 heavy (non-hydrogen) atoms. The molecule has 6 heteroatoms. The maximum Gasteiger partial charge on any atom is 0.254 e. The van der Waals surface area contributed by atoms with Crippen molar-refractivity contribution in [2.24, 2.45) is 5.92 Å². The Morgan fingerprint density at radius 3 is 2.42 bits per heavy atom. The largest absolute Gasteiger partial charge is 0.467 e. The number of rotatable bonds is 6. The van der Waals surface area contributed by atoms with E-state index in [1.54, 1.807) is 11.2 Å². The molecule has 2 aromatic rings. The van der Waals surface area contributed by atoms with Crippen molar-refractivity contribution >= 4 is 11.8 Å². The molecule has 0 bridgehead atoms. The lowest BCUT2D eigenvalue weighted by Gasteiger charge is -2.42. The first kappa shape index (κ1) is 21.6. The first-order valence-electron chi connectivity index (χ1n) is 11.4. The van der Waals surface area contributed by atoms with Crippen LogP contribution in [0.15, 0.2) is 47.1 Å². The highest BCUT2D eigenvalue weighted by molar-refractivity contribution is 5.95. The average molecular weight is 424 g/mol. The van der Waals surface area contributed by atoms with Crippen molar-refractivity contribution in [3.63, 3.8) is 0 Å². The fourth-order valence-electron chi connectivity index (χ4n) is 5.06. The van der Waals surface area contributed by atoms with Crippen molar-refractivity contribution in [3.8, 4) is 0 Å². The van der Waals surface area contributed by atoms with Crippen molar-refractivity contribution < 1.29 is 14.0 Å². The van der Waals surface area contributed by atoms with Crippen molar-refractivity contribution in [1.82, 2.24) is 14.7 Å². The van der Waals surface area contributed by atoms with E-state index in [4.69, 9.17) is 4.42 Å². The summed E-state index contributed by atoms with van der Waals surface area (Å²) >= 11 is 0. The lowest BCUT2D eigenvalue weighted by atomic mass is 9.94. The van der Waals surface area contributed by atoms with Crippen LogP contribution in [0.4, 0.5) is 0 Å². The molecule has 0 radical (unpaired) electrons. The molecule has 1 unspecified atom stereocenters. The maximum atomic E-state index is 13.5. The lowest BCUT2D eigenvalue weighted by Crippen LogP contribution is -2.58. The SMILES string of the molecule is Cc1ccccc1C(=O)N1CCN(C(C(=O)N(C)Cc2ccco2)C2CCCC2)CC1. The number of likely N-dealkylation sites (N-methyl/N-ethyl adjacent to an activating group) is 1. The molecule has 1 saturated heterocycles. The summed E-state index contributed by atoms with van der Waals surface area (Å²) in [5.41, 5.74) is 1.78. The van der Waals surface area contributed by atoms with Gasteiger partial charge in [-0.2, -0.15) is 0 Å². The topological polar surface area (TPSA) is 57.0 Å². The van der Waals surface area contributed by atoms with Gasteiger partial charge in [0, 0.05) is 38.8 Å². The number of hydrogen-bond acceptors (Lipinski definition) is 4. The second-order valence-corrected chi connectivity index (χ2v) is 8.91. The third kappa shape index (κ3) is 4.85. The van der Waals surface area contributed by atoms with Gasteiger partial charge in [0.1, 0.15) is 5.76 Å². The highest BCUT2D eigenvalue weighted by atomic mass is 16.3. The Kier molecular flexibility index (Phi) is 6.76. The van der Waals surface area contributed by atoms with Gasteiger partial charge in [0.15, 0.2) is 0 Å². The number of benzene rings is 1. The van der Waals surface area contributed by atoms with Gasteiger partial charge in [-0.25, -0.2) is 0 Å². The first-order chi connectivity index (χ1) is 15.0. The predicted molar refractivity (Wildman–Crippen MR) is 120 cm³/mol. The first-order valence-corrected chi connectivity index (χ1v) is 11.4. The van der Waals surface area contributed by atoms with Crippen molar-refractivity contribution in [1.29, 1.82) is 0 Å². The van der Waals surface area contributed by atoms with Crippen LogP contribution in [0.5, 0.6) is 0 Å². The highest BCUT2D eigenvalue weighted by Gasteiger charge is 2.38. The number of carbonyl (C=O) groups excluding carboxylic acids is 2. The van der Waals surface area contributed by atoms with Crippen molar-refractivity contribution in [3.05, 3.63) is 59.5 Å². The molecule has 4 rings (SSSR count). The summed E-state index contributed by atoms with van der Waals surface area (Å²) in [4.78, 5) is 32.5. The minimum absolute atomic E-state index is 0.0939. The third-order valence-corrected chi connectivity index (χ3v) is 6.82. The molecule has 1 aromatic heterocycles. The standard InChI is InChI=1S/C25H33N3O3/c1-19-8-3-6-12-22(19)24(29)28-15-13-27(14-16-28)23(20-9-4-5-10-20)25(30)26(2)18-21-11-7-17-31-21/h3,6-8,11-12,17,20,23H,4-5,9-10,13-16,18H2,1-2H3. The molecule has 1 aliphatic carbocycles.